The molecule has 1 aromatic rings. The van der Waals surface area contributed by atoms with Crippen LogP contribution in [-0.4, -0.2) is 55.9 Å². The Morgan fingerprint density at radius 1 is 1.38 bits per heavy atom. The van der Waals surface area contributed by atoms with Gasteiger partial charge in [-0.2, -0.15) is 5.26 Å². The highest BCUT2D eigenvalue weighted by Crippen LogP contribution is 2.21. The number of nitrogens with one attached hydrogen (secondary N) is 1. The molecule has 1 N–H and O–H groups in total. The van der Waals surface area contributed by atoms with Gasteiger partial charge in [-0.3, -0.25) is 4.79 Å². The zero-order valence-corrected chi connectivity index (χ0v) is 15.0. The SMILES string of the molecule is N#Cc1cccnc1N1CCC(NC(=O)COC[C@H]2CCCCO2)CC1. The number of amides is 1. The van der Waals surface area contributed by atoms with E-state index >= 15 is 0 Å². The molecule has 2 aliphatic heterocycles. The van der Waals surface area contributed by atoms with Crippen LogP contribution >= 0.6 is 0 Å². The quantitative estimate of drug-likeness (QED) is 0.831. The number of anilines is 1. The second-order valence-electron chi connectivity index (χ2n) is 6.82. The van der Waals surface area contributed by atoms with Crippen LogP contribution in [0.25, 0.3) is 0 Å². The van der Waals surface area contributed by atoms with E-state index in [2.05, 4.69) is 21.3 Å². The summed E-state index contributed by atoms with van der Waals surface area (Å²) >= 11 is 0. The van der Waals surface area contributed by atoms with Crippen molar-refractivity contribution in [2.75, 3.05) is 37.8 Å². The lowest BCUT2D eigenvalue weighted by Gasteiger charge is -2.33. The van der Waals surface area contributed by atoms with Gasteiger partial charge in [-0.15, -0.1) is 0 Å². The summed E-state index contributed by atoms with van der Waals surface area (Å²) in [5, 5.41) is 12.2. The topological polar surface area (TPSA) is 87.5 Å². The van der Waals surface area contributed by atoms with E-state index in [0.29, 0.717) is 12.2 Å². The summed E-state index contributed by atoms with van der Waals surface area (Å²) < 4.78 is 11.1. The molecule has 2 saturated heterocycles. The highest BCUT2D eigenvalue weighted by atomic mass is 16.5. The largest absolute Gasteiger partial charge is 0.376 e. The first-order chi connectivity index (χ1) is 12.8. The molecular weight excluding hydrogens is 332 g/mol. The number of nitrogens with zero attached hydrogens (tertiary/aromatic N) is 3. The molecule has 2 fully saturated rings. The van der Waals surface area contributed by atoms with Crippen LogP contribution in [0.15, 0.2) is 18.3 Å². The highest BCUT2D eigenvalue weighted by molar-refractivity contribution is 5.77. The number of carbonyl (C=O) groups is 1. The molecule has 1 amide bonds. The number of hydrogen-bond donors (Lipinski definition) is 1. The standard InChI is InChI=1S/C19H26N4O3/c20-12-15-4-3-8-21-19(15)23-9-6-16(7-10-23)22-18(24)14-25-13-17-5-1-2-11-26-17/h3-4,8,16-17H,1-2,5-7,9-11,13-14H2,(H,22,24)/t17-/m1/s1. The zero-order valence-electron chi connectivity index (χ0n) is 15.0. The summed E-state index contributed by atoms with van der Waals surface area (Å²) in [5.41, 5.74) is 0.591. The summed E-state index contributed by atoms with van der Waals surface area (Å²) in [5.74, 6) is 0.658. The van der Waals surface area contributed by atoms with Gasteiger partial charge in [0, 0.05) is 31.9 Å². The van der Waals surface area contributed by atoms with Gasteiger partial charge in [0.25, 0.3) is 0 Å². The van der Waals surface area contributed by atoms with E-state index in [9.17, 15) is 10.1 Å². The molecule has 0 saturated carbocycles. The van der Waals surface area contributed by atoms with Crippen molar-refractivity contribution in [1.82, 2.24) is 10.3 Å². The maximum atomic E-state index is 12.1. The van der Waals surface area contributed by atoms with Crippen molar-refractivity contribution in [1.29, 1.82) is 5.26 Å². The highest BCUT2D eigenvalue weighted by Gasteiger charge is 2.23. The van der Waals surface area contributed by atoms with Gasteiger partial charge < -0.3 is 19.7 Å². The molecule has 0 aromatic carbocycles. The van der Waals surface area contributed by atoms with Gasteiger partial charge in [0.05, 0.1) is 18.3 Å². The van der Waals surface area contributed by atoms with Gasteiger partial charge >= 0.3 is 0 Å². The Balaban J connectivity index is 1.37. The van der Waals surface area contributed by atoms with Gasteiger partial charge in [-0.05, 0) is 44.2 Å². The molecule has 0 spiro atoms. The van der Waals surface area contributed by atoms with E-state index in [1.807, 2.05) is 0 Å². The molecule has 1 atom stereocenters. The van der Waals surface area contributed by atoms with Crippen molar-refractivity contribution < 1.29 is 14.3 Å². The van der Waals surface area contributed by atoms with Gasteiger partial charge in [-0.25, -0.2) is 4.98 Å². The lowest BCUT2D eigenvalue weighted by Crippen LogP contribution is -2.46. The van der Waals surface area contributed by atoms with Gasteiger partial charge in [0.2, 0.25) is 5.91 Å². The van der Waals surface area contributed by atoms with Crippen molar-refractivity contribution in [3.05, 3.63) is 23.9 Å². The molecule has 0 bridgehead atoms. The lowest BCUT2D eigenvalue weighted by atomic mass is 10.0. The van der Waals surface area contributed by atoms with Crippen LogP contribution in [0, 0.1) is 11.3 Å². The summed E-state index contributed by atoms with van der Waals surface area (Å²) in [6.45, 7) is 2.91. The van der Waals surface area contributed by atoms with E-state index in [1.165, 1.54) is 6.42 Å². The average molecular weight is 358 g/mol. The predicted molar refractivity (Wildman–Crippen MR) is 96.7 cm³/mol. The Bertz CT molecular complexity index is 632. The minimum atomic E-state index is -0.0743. The number of pyridine rings is 1. The zero-order chi connectivity index (χ0) is 18.2. The summed E-state index contributed by atoms with van der Waals surface area (Å²) in [6, 6.07) is 5.88. The Kier molecular flexibility index (Phi) is 6.81. The molecule has 7 heteroatoms. The summed E-state index contributed by atoms with van der Waals surface area (Å²) in [7, 11) is 0. The number of ether oxygens (including phenoxy) is 2. The van der Waals surface area contributed by atoms with E-state index in [1.54, 1.807) is 18.3 Å². The number of aromatic nitrogens is 1. The smallest absolute Gasteiger partial charge is 0.246 e. The Hall–Kier alpha value is -2.17. The van der Waals surface area contributed by atoms with Crippen molar-refractivity contribution in [2.45, 2.75) is 44.2 Å². The number of rotatable bonds is 6. The Labute approximate surface area is 154 Å². The molecule has 140 valence electrons. The summed E-state index contributed by atoms with van der Waals surface area (Å²) in [6.07, 6.45) is 6.80. The van der Waals surface area contributed by atoms with Crippen LogP contribution in [0.1, 0.15) is 37.7 Å². The molecule has 7 nitrogen and oxygen atoms in total. The number of carbonyl (C=O) groups excluding carboxylic acids is 1. The molecule has 0 aliphatic carbocycles. The van der Waals surface area contributed by atoms with Crippen LogP contribution in [0.4, 0.5) is 5.82 Å². The molecule has 3 heterocycles. The molecule has 0 radical (unpaired) electrons. The first-order valence-corrected chi connectivity index (χ1v) is 9.35. The maximum Gasteiger partial charge on any atom is 0.246 e. The van der Waals surface area contributed by atoms with Gasteiger partial charge in [0.1, 0.15) is 18.5 Å². The molecule has 1 aromatic heterocycles. The van der Waals surface area contributed by atoms with Crippen LogP contribution in [0.2, 0.25) is 0 Å². The molecule has 3 rings (SSSR count). The Morgan fingerprint density at radius 2 is 2.23 bits per heavy atom. The van der Waals surface area contributed by atoms with E-state index in [4.69, 9.17) is 9.47 Å². The molecule has 0 unspecified atom stereocenters. The number of hydrogen-bond acceptors (Lipinski definition) is 6. The fraction of sp³-hybridized carbons (Fsp3) is 0.632. The minimum absolute atomic E-state index is 0.0743. The third kappa shape index (κ3) is 5.16. The van der Waals surface area contributed by atoms with Crippen LogP contribution in [0.5, 0.6) is 0 Å². The second-order valence-corrected chi connectivity index (χ2v) is 6.82. The van der Waals surface area contributed by atoms with Crippen molar-refractivity contribution in [3.63, 3.8) is 0 Å². The lowest BCUT2D eigenvalue weighted by molar-refractivity contribution is -0.128. The minimum Gasteiger partial charge on any atom is -0.376 e. The normalized spacial score (nSPS) is 21.2. The fourth-order valence-electron chi connectivity index (χ4n) is 3.46. The molecular formula is C19H26N4O3. The van der Waals surface area contributed by atoms with Crippen LogP contribution in [-0.2, 0) is 14.3 Å². The van der Waals surface area contributed by atoms with Crippen molar-refractivity contribution in [3.8, 4) is 6.07 Å². The number of nitriles is 1. The third-order valence-electron chi connectivity index (χ3n) is 4.88. The van der Waals surface area contributed by atoms with E-state index in [-0.39, 0.29) is 24.7 Å². The first kappa shape index (κ1) is 18.6. The predicted octanol–water partition coefficient (Wildman–Crippen LogP) is 1.62. The number of piperidine rings is 1. The van der Waals surface area contributed by atoms with E-state index < -0.39 is 0 Å². The Morgan fingerprint density at radius 3 is 2.96 bits per heavy atom. The average Bonchev–Trinajstić information content (AvgIpc) is 2.69. The fourth-order valence-corrected chi connectivity index (χ4v) is 3.46. The second kappa shape index (κ2) is 9.51. The van der Waals surface area contributed by atoms with Crippen LogP contribution in [0.3, 0.4) is 0 Å². The third-order valence-corrected chi connectivity index (χ3v) is 4.88. The van der Waals surface area contributed by atoms with Crippen molar-refractivity contribution in [2.24, 2.45) is 0 Å². The van der Waals surface area contributed by atoms with Gasteiger partial charge in [0.15, 0.2) is 0 Å². The first-order valence-electron chi connectivity index (χ1n) is 9.35. The summed E-state index contributed by atoms with van der Waals surface area (Å²) in [4.78, 5) is 18.5. The molecule has 2 aliphatic rings. The maximum absolute atomic E-state index is 12.1. The van der Waals surface area contributed by atoms with Crippen molar-refractivity contribution >= 4 is 11.7 Å². The van der Waals surface area contributed by atoms with E-state index in [0.717, 1.165) is 51.2 Å². The van der Waals surface area contributed by atoms with Gasteiger partial charge in [-0.1, -0.05) is 0 Å². The van der Waals surface area contributed by atoms with Crippen LogP contribution < -0.4 is 10.2 Å². The monoisotopic (exact) mass is 358 g/mol. The molecule has 26 heavy (non-hydrogen) atoms.